The molecular weight excluding hydrogens is 408 g/mol. The van der Waals surface area contributed by atoms with E-state index in [0.717, 1.165) is 22.3 Å². The molecule has 0 heterocycles. The molecule has 3 aromatic rings. The first-order valence-electron chi connectivity index (χ1n) is 10.3. The summed E-state index contributed by atoms with van der Waals surface area (Å²) in [6.07, 6.45) is 0.312. The standard InChI is InChI=1S/C25H28N2O3S/c1-19(2)27-31(29,30)18-22-10-8-21(9-11-22)17-26-25(28)16-20-12-14-24(15-13-20)23-6-4-3-5-7-23/h3-15,19,27H,16-18H2,1-2H3,(H,26,28). The van der Waals surface area contributed by atoms with Crippen LogP contribution in [0, 0.1) is 0 Å². The summed E-state index contributed by atoms with van der Waals surface area (Å²) in [6.45, 7) is 3.99. The molecule has 0 spiro atoms. The normalized spacial score (nSPS) is 11.5. The SMILES string of the molecule is CC(C)NS(=O)(=O)Cc1ccc(CNC(=O)Cc2ccc(-c3ccccc3)cc2)cc1. The van der Waals surface area contributed by atoms with Gasteiger partial charge in [-0.2, -0.15) is 0 Å². The summed E-state index contributed by atoms with van der Waals surface area (Å²) in [7, 11) is -3.35. The van der Waals surface area contributed by atoms with Gasteiger partial charge >= 0.3 is 0 Å². The number of sulfonamides is 1. The molecule has 0 aliphatic heterocycles. The molecule has 3 aromatic carbocycles. The predicted molar refractivity (Wildman–Crippen MR) is 125 cm³/mol. The number of amides is 1. The molecule has 31 heavy (non-hydrogen) atoms. The number of carbonyl (C=O) groups excluding carboxylic acids is 1. The molecule has 0 aliphatic carbocycles. The van der Waals surface area contributed by atoms with Crippen molar-refractivity contribution in [2.75, 3.05) is 0 Å². The van der Waals surface area contributed by atoms with Crippen molar-refractivity contribution < 1.29 is 13.2 Å². The molecule has 0 unspecified atom stereocenters. The highest BCUT2D eigenvalue weighted by atomic mass is 32.2. The van der Waals surface area contributed by atoms with Crippen molar-refractivity contribution in [1.82, 2.24) is 10.0 Å². The monoisotopic (exact) mass is 436 g/mol. The Labute approximate surface area is 184 Å². The Hall–Kier alpha value is -2.96. The molecule has 0 fully saturated rings. The summed E-state index contributed by atoms with van der Waals surface area (Å²) in [6, 6.07) is 25.2. The van der Waals surface area contributed by atoms with Crippen LogP contribution in [0.3, 0.4) is 0 Å². The van der Waals surface area contributed by atoms with E-state index in [1.807, 2.05) is 54.6 Å². The molecule has 1 amide bonds. The summed E-state index contributed by atoms with van der Waals surface area (Å²) in [5, 5.41) is 2.92. The van der Waals surface area contributed by atoms with Crippen LogP contribution in [0.4, 0.5) is 0 Å². The van der Waals surface area contributed by atoms with Gasteiger partial charge in [-0.1, -0.05) is 78.9 Å². The fourth-order valence-corrected chi connectivity index (χ4v) is 4.70. The van der Waals surface area contributed by atoms with Gasteiger partial charge < -0.3 is 5.32 Å². The molecule has 5 nitrogen and oxygen atoms in total. The largest absolute Gasteiger partial charge is 0.352 e. The van der Waals surface area contributed by atoms with Crippen molar-refractivity contribution in [3.63, 3.8) is 0 Å². The van der Waals surface area contributed by atoms with Crippen molar-refractivity contribution in [3.05, 3.63) is 95.6 Å². The molecule has 0 bridgehead atoms. The molecule has 0 atom stereocenters. The summed E-state index contributed by atoms with van der Waals surface area (Å²) in [5.74, 6) is -0.114. The van der Waals surface area contributed by atoms with E-state index in [1.165, 1.54) is 0 Å². The lowest BCUT2D eigenvalue weighted by atomic mass is 10.0. The van der Waals surface area contributed by atoms with Crippen LogP contribution in [0.5, 0.6) is 0 Å². The van der Waals surface area contributed by atoms with Crippen LogP contribution in [0.15, 0.2) is 78.9 Å². The number of hydrogen-bond acceptors (Lipinski definition) is 3. The van der Waals surface area contributed by atoms with Crippen LogP contribution in [0.2, 0.25) is 0 Å². The van der Waals surface area contributed by atoms with E-state index >= 15 is 0 Å². The highest BCUT2D eigenvalue weighted by Crippen LogP contribution is 2.19. The summed E-state index contributed by atoms with van der Waals surface area (Å²) < 4.78 is 26.6. The van der Waals surface area contributed by atoms with Crippen molar-refractivity contribution in [2.24, 2.45) is 0 Å². The summed E-state index contributed by atoms with van der Waals surface area (Å²) >= 11 is 0. The van der Waals surface area contributed by atoms with E-state index in [9.17, 15) is 13.2 Å². The second-order valence-corrected chi connectivity index (χ2v) is 9.62. The minimum atomic E-state index is -3.35. The van der Waals surface area contributed by atoms with E-state index in [1.54, 1.807) is 26.0 Å². The summed E-state index contributed by atoms with van der Waals surface area (Å²) in [5.41, 5.74) is 4.85. The fraction of sp³-hybridized carbons (Fsp3) is 0.240. The third kappa shape index (κ3) is 7.35. The topological polar surface area (TPSA) is 75.3 Å². The number of nitrogens with one attached hydrogen (secondary N) is 2. The van der Waals surface area contributed by atoms with Crippen LogP contribution >= 0.6 is 0 Å². The third-order valence-corrected chi connectivity index (χ3v) is 6.25. The van der Waals surface area contributed by atoms with Gasteiger partial charge in [-0.25, -0.2) is 13.1 Å². The Kier molecular flexibility index (Phi) is 7.60. The number of carbonyl (C=O) groups is 1. The predicted octanol–water partition coefficient (Wildman–Crippen LogP) is 4.04. The van der Waals surface area contributed by atoms with Crippen LogP contribution < -0.4 is 10.0 Å². The Bertz CT molecular complexity index is 1090. The number of hydrogen-bond donors (Lipinski definition) is 2. The van der Waals surface area contributed by atoms with E-state index in [0.29, 0.717) is 18.5 Å². The first-order chi connectivity index (χ1) is 14.8. The second-order valence-electron chi connectivity index (χ2n) is 7.86. The first-order valence-corrected chi connectivity index (χ1v) is 11.9. The van der Waals surface area contributed by atoms with Gasteiger partial charge in [-0.15, -0.1) is 0 Å². The lowest BCUT2D eigenvalue weighted by Crippen LogP contribution is -2.31. The van der Waals surface area contributed by atoms with E-state index in [2.05, 4.69) is 22.2 Å². The molecular formula is C25H28N2O3S. The molecule has 6 heteroatoms. The first kappa shape index (κ1) is 22.7. The van der Waals surface area contributed by atoms with Gasteiger partial charge in [0.15, 0.2) is 0 Å². The van der Waals surface area contributed by atoms with Crippen LogP contribution in [0.1, 0.15) is 30.5 Å². The van der Waals surface area contributed by atoms with Gasteiger partial charge in [0.05, 0.1) is 12.2 Å². The van der Waals surface area contributed by atoms with Crippen LogP contribution in [-0.4, -0.2) is 20.4 Å². The molecule has 0 aromatic heterocycles. The average molecular weight is 437 g/mol. The quantitative estimate of drug-likeness (QED) is 0.532. The zero-order valence-corrected chi connectivity index (χ0v) is 18.7. The van der Waals surface area contributed by atoms with Crippen molar-refractivity contribution in [2.45, 2.75) is 38.6 Å². The Morgan fingerprint density at radius 2 is 1.32 bits per heavy atom. The van der Waals surface area contributed by atoms with Crippen molar-refractivity contribution in [3.8, 4) is 11.1 Å². The minimum Gasteiger partial charge on any atom is -0.352 e. The molecule has 0 aliphatic rings. The maximum Gasteiger partial charge on any atom is 0.224 e. The van der Waals surface area contributed by atoms with Crippen molar-refractivity contribution in [1.29, 1.82) is 0 Å². The molecule has 0 saturated heterocycles. The second kappa shape index (κ2) is 10.4. The minimum absolute atomic E-state index is 0.0553. The van der Waals surface area contributed by atoms with E-state index < -0.39 is 10.0 Å². The van der Waals surface area contributed by atoms with Crippen LogP contribution in [0.25, 0.3) is 11.1 Å². The molecule has 3 rings (SSSR count). The lowest BCUT2D eigenvalue weighted by Gasteiger charge is -2.10. The maximum atomic E-state index is 12.3. The Morgan fingerprint density at radius 3 is 1.94 bits per heavy atom. The smallest absolute Gasteiger partial charge is 0.224 e. The number of rotatable bonds is 9. The molecule has 0 saturated carbocycles. The van der Waals surface area contributed by atoms with Gasteiger partial charge in [0.2, 0.25) is 15.9 Å². The highest BCUT2D eigenvalue weighted by Gasteiger charge is 2.13. The molecule has 2 N–H and O–H groups in total. The van der Waals surface area contributed by atoms with Gasteiger partial charge in [0, 0.05) is 12.6 Å². The zero-order chi connectivity index (χ0) is 22.3. The van der Waals surface area contributed by atoms with Crippen molar-refractivity contribution >= 4 is 15.9 Å². The summed E-state index contributed by atoms with van der Waals surface area (Å²) in [4.78, 5) is 12.3. The fourth-order valence-electron chi connectivity index (χ4n) is 3.27. The Morgan fingerprint density at radius 1 is 0.774 bits per heavy atom. The van der Waals surface area contributed by atoms with Gasteiger partial charge in [0.25, 0.3) is 0 Å². The van der Waals surface area contributed by atoms with Gasteiger partial charge in [0.1, 0.15) is 0 Å². The number of benzene rings is 3. The average Bonchev–Trinajstić information content (AvgIpc) is 2.73. The zero-order valence-electron chi connectivity index (χ0n) is 17.8. The van der Waals surface area contributed by atoms with Crippen LogP contribution in [-0.2, 0) is 33.5 Å². The lowest BCUT2D eigenvalue weighted by molar-refractivity contribution is -0.120. The van der Waals surface area contributed by atoms with E-state index in [-0.39, 0.29) is 17.7 Å². The Balaban J connectivity index is 1.49. The maximum absolute atomic E-state index is 12.3. The highest BCUT2D eigenvalue weighted by molar-refractivity contribution is 7.88. The van der Waals surface area contributed by atoms with E-state index in [4.69, 9.17) is 0 Å². The third-order valence-electron chi connectivity index (χ3n) is 4.71. The van der Waals surface area contributed by atoms with Gasteiger partial charge in [-0.3, -0.25) is 4.79 Å². The molecule has 0 radical (unpaired) electrons. The molecule has 162 valence electrons. The van der Waals surface area contributed by atoms with Gasteiger partial charge in [-0.05, 0) is 41.7 Å².